The first-order valence-electron chi connectivity index (χ1n) is 5.62. The number of hydrogen-bond donors (Lipinski definition) is 1. The average Bonchev–Trinajstić information content (AvgIpc) is 2.47. The number of hydrogen-bond acceptors (Lipinski definition) is 1. The predicted octanol–water partition coefficient (Wildman–Crippen LogP) is 2.89. The summed E-state index contributed by atoms with van der Waals surface area (Å²) in [5.74, 6) is 6.01. The summed E-state index contributed by atoms with van der Waals surface area (Å²) in [4.78, 5) is 0.539. The molecule has 2 aromatic rings. The molecule has 0 bridgehead atoms. The van der Waals surface area contributed by atoms with Crippen molar-refractivity contribution in [2.75, 3.05) is 0 Å². The summed E-state index contributed by atoms with van der Waals surface area (Å²) in [7, 11) is 0. The van der Waals surface area contributed by atoms with Crippen LogP contribution < -0.4 is 0 Å². The van der Waals surface area contributed by atoms with Gasteiger partial charge in [0.2, 0.25) is 0 Å². The van der Waals surface area contributed by atoms with E-state index in [2.05, 4.69) is 31.7 Å². The van der Waals surface area contributed by atoms with Crippen molar-refractivity contribution in [2.45, 2.75) is 10.4 Å². The molecule has 1 unspecified atom stereocenters. The monoisotopic (exact) mass is 416 g/mol. The quantitative estimate of drug-likeness (QED) is 0.747. The van der Waals surface area contributed by atoms with Crippen LogP contribution in [0.2, 0.25) is 4.81 Å². The zero-order chi connectivity index (χ0) is 12.8. The van der Waals surface area contributed by atoms with Crippen LogP contribution in [0.15, 0.2) is 60.7 Å². The second-order valence-corrected chi connectivity index (χ2v) is 4.76. The molecule has 0 saturated carbocycles. The molecule has 2 heteroatoms. The molecule has 0 saturated heterocycles. The zero-order valence-corrected chi connectivity index (χ0v) is 12.0. The molecule has 0 aliphatic heterocycles. The molecule has 0 aromatic heterocycles. The summed E-state index contributed by atoms with van der Waals surface area (Å²) in [5, 5.41) is 10.6. The minimum absolute atomic E-state index is 0.539. The molecule has 1 N–H and O–H groups in total. The number of aliphatic hydroxyl groups is 1. The van der Waals surface area contributed by atoms with Crippen LogP contribution >= 0.6 is 0 Å². The van der Waals surface area contributed by atoms with Gasteiger partial charge in [-0.3, -0.25) is 0 Å². The van der Waals surface area contributed by atoms with Crippen molar-refractivity contribution in [3.05, 3.63) is 71.8 Å². The second-order valence-electron chi connectivity index (χ2n) is 3.95. The SMILES string of the molecule is OC(C#Cc1ccccc1)([CH2][Pt])c1ccccc1. The molecule has 0 aliphatic rings. The van der Waals surface area contributed by atoms with Gasteiger partial charge in [0, 0.05) is 0 Å². The van der Waals surface area contributed by atoms with E-state index in [1.54, 1.807) is 0 Å². The first-order valence-corrected chi connectivity index (χ1v) is 7.23. The fourth-order valence-corrected chi connectivity index (χ4v) is 2.24. The number of rotatable bonds is 2. The van der Waals surface area contributed by atoms with Gasteiger partial charge >= 0.3 is 119 Å². The Morgan fingerprint density at radius 1 is 0.944 bits per heavy atom. The van der Waals surface area contributed by atoms with E-state index < -0.39 is 5.60 Å². The van der Waals surface area contributed by atoms with Crippen LogP contribution in [0, 0.1) is 11.8 Å². The van der Waals surface area contributed by atoms with Crippen molar-refractivity contribution >= 4 is 0 Å². The molecule has 1 atom stereocenters. The Morgan fingerprint density at radius 2 is 1.50 bits per heavy atom. The Balaban J connectivity index is 2.33. The van der Waals surface area contributed by atoms with E-state index in [1.807, 2.05) is 60.7 Å². The van der Waals surface area contributed by atoms with Gasteiger partial charge in [0.1, 0.15) is 0 Å². The van der Waals surface area contributed by atoms with E-state index in [0.29, 0.717) is 4.81 Å². The van der Waals surface area contributed by atoms with Crippen molar-refractivity contribution in [3.63, 3.8) is 0 Å². The first kappa shape index (κ1) is 13.1. The average molecular weight is 416 g/mol. The third-order valence-electron chi connectivity index (χ3n) is 2.60. The Hall–Kier alpha value is -1.35. The molecular weight excluding hydrogens is 403 g/mol. The standard InChI is InChI=1S/C16H13O.Pt/c1-16(17,15-10-6-3-7-11-15)13-12-14-8-4-2-5-9-14;/h2-11,17H,1H2;. The molecule has 0 heterocycles. The summed E-state index contributed by atoms with van der Waals surface area (Å²) in [6.45, 7) is 0. The maximum absolute atomic E-state index is 10.6. The molecule has 0 radical (unpaired) electrons. The van der Waals surface area contributed by atoms with Crippen molar-refractivity contribution in [3.8, 4) is 11.8 Å². The summed E-state index contributed by atoms with van der Waals surface area (Å²) in [5.41, 5.74) is 0.666. The fourth-order valence-electron chi connectivity index (χ4n) is 1.58. The topological polar surface area (TPSA) is 20.2 Å². The van der Waals surface area contributed by atoms with Crippen LogP contribution in [0.1, 0.15) is 11.1 Å². The van der Waals surface area contributed by atoms with Crippen LogP contribution in [0.25, 0.3) is 0 Å². The van der Waals surface area contributed by atoms with Crippen molar-refractivity contribution in [2.24, 2.45) is 0 Å². The van der Waals surface area contributed by atoms with E-state index >= 15 is 0 Å². The van der Waals surface area contributed by atoms with Gasteiger partial charge in [0.05, 0.1) is 0 Å². The second kappa shape index (κ2) is 6.00. The van der Waals surface area contributed by atoms with E-state index in [9.17, 15) is 5.11 Å². The predicted molar refractivity (Wildman–Crippen MR) is 68.5 cm³/mol. The first-order chi connectivity index (χ1) is 8.74. The van der Waals surface area contributed by atoms with E-state index in [-0.39, 0.29) is 0 Å². The van der Waals surface area contributed by atoms with E-state index in [0.717, 1.165) is 11.1 Å². The Kier molecular flexibility index (Phi) is 4.37. The van der Waals surface area contributed by atoms with Crippen LogP contribution in [0.3, 0.4) is 0 Å². The Bertz CT molecular complexity index is 554. The molecule has 0 amide bonds. The molecule has 1 nitrogen and oxygen atoms in total. The molecule has 2 aromatic carbocycles. The van der Waals surface area contributed by atoms with Gasteiger partial charge < -0.3 is 0 Å². The fraction of sp³-hybridized carbons (Fsp3) is 0.125. The van der Waals surface area contributed by atoms with Crippen LogP contribution in [0.5, 0.6) is 0 Å². The van der Waals surface area contributed by atoms with Crippen molar-refractivity contribution in [1.29, 1.82) is 0 Å². The molecular formula is C16H13OPt. The third kappa shape index (κ3) is 3.10. The number of benzene rings is 2. The third-order valence-corrected chi connectivity index (χ3v) is 3.76. The van der Waals surface area contributed by atoms with Crippen molar-refractivity contribution < 1.29 is 24.9 Å². The minimum atomic E-state index is -1.08. The van der Waals surface area contributed by atoms with Gasteiger partial charge in [-0.25, -0.2) is 0 Å². The molecule has 0 fully saturated rings. The van der Waals surface area contributed by atoms with Crippen molar-refractivity contribution in [1.82, 2.24) is 0 Å². The maximum atomic E-state index is 10.6. The Morgan fingerprint density at radius 3 is 2.06 bits per heavy atom. The van der Waals surface area contributed by atoms with E-state index in [4.69, 9.17) is 0 Å². The van der Waals surface area contributed by atoms with Crippen LogP contribution in [-0.2, 0) is 25.4 Å². The van der Waals surface area contributed by atoms with Crippen LogP contribution in [0.4, 0.5) is 0 Å². The van der Waals surface area contributed by atoms with Gasteiger partial charge in [0.25, 0.3) is 0 Å². The summed E-state index contributed by atoms with van der Waals surface area (Å²) in [6, 6.07) is 19.3. The van der Waals surface area contributed by atoms with Crippen LogP contribution in [-0.4, -0.2) is 5.11 Å². The van der Waals surface area contributed by atoms with E-state index in [1.165, 1.54) is 0 Å². The molecule has 0 aliphatic carbocycles. The molecule has 0 spiro atoms. The zero-order valence-electron chi connectivity index (χ0n) is 9.74. The molecule has 2 rings (SSSR count). The van der Waals surface area contributed by atoms with Gasteiger partial charge in [-0.15, -0.1) is 0 Å². The summed E-state index contributed by atoms with van der Waals surface area (Å²) >= 11 is 2.14. The van der Waals surface area contributed by atoms with Gasteiger partial charge in [-0.05, 0) is 0 Å². The normalized spacial score (nSPS) is 13.3. The Labute approximate surface area is 119 Å². The molecule has 18 heavy (non-hydrogen) atoms. The van der Waals surface area contributed by atoms with Gasteiger partial charge in [0.15, 0.2) is 0 Å². The van der Waals surface area contributed by atoms with Gasteiger partial charge in [-0.1, -0.05) is 0 Å². The summed E-state index contributed by atoms with van der Waals surface area (Å²) in [6.07, 6.45) is 0. The summed E-state index contributed by atoms with van der Waals surface area (Å²) < 4.78 is 0. The van der Waals surface area contributed by atoms with Gasteiger partial charge in [-0.2, -0.15) is 0 Å². The molecule has 93 valence electrons.